The maximum Gasteiger partial charge on any atom is 0.339 e. The van der Waals surface area contributed by atoms with Crippen LogP contribution in [0.15, 0.2) is 18.3 Å². The average molecular weight is 190 g/mol. The zero-order chi connectivity index (χ0) is 10.3. The predicted molar refractivity (Wildman–Crippen MR) is 52.4 cm³/mol. The number of pyridine rings is 1. The molecule has 0 radical (unpaired) electrons. The molecule has 2 aromatic rings. The van der Waals surface area contributed by atoms with Crippen molar-refractivity contribution in [2.24, 2.45) is 7.05 Å². The van der Waals surface area contributed by atoms with Crippen molar-refractivity contribution in [2.45, 2.75) is 6.92 Å². The molecule has 0 aliphatic rings. The van der Waals surface area contributed by atoms with Gasteiger partial charge in [-0.1, -0.05) is 0 Å². The first-order valence-corrected chi connectivity index (χ1v) is 4.25. The maximum atomic E-state index is 10.9. The van der Waals surface area contributed by atoms with Crippen molar-refractivity contribution in [3.63, 3.8) is 0 Å². The smallest absolute Gasteiger partial charge is 0.339 e. The van der Waals surface area contributed by atoms with Crippen molar-refractivity contribution in [3.8, 4) is 0 Å². The molecule has 4 nitrogen and oxygen atoms in total. The lowest BCUT2D eigenvalue weighted by atomic mass is 10.2. The minimum Gasteiger partial charge on any atom is -0.478 e. The van der Waals surface area contributed by atoms with Gasteiger partial charge in [0.05, 0.1) is 5.52 Å². The average Bonchev–Trinajstić information content (AvgIpc) is 2.43. The van der Waals surface area contributed by atoms with Gasteiger partial charge < -0.3 is 9.67 Å². The highest BCUT2D eigenvalue weighted by atomic mass is 16.4. The Hall–Kier alpha value is -1.84. The molecule has 0 spiro atoms. The number of hydrogen-bond donors (Lipinski definition) is 1. The normalized spacial score (nSPS) is 10.7. The van der Waals surface area contributed by atoms with Crippen molar-refractivity contribution in [3.05, 3.63) is 29.6 Å². The predicted octanol–water partition coefficient (Wildman–Crippen LogP) is 1.58. The van der Waals surface area contributed by atoms with Gasteiger partial charge in [0.2, 0.25) is 0 Å². The number of carboxylic acids is 1. The van der Waals surface area contributed by atoms with E-state index in [1.165, 1.54) is 0 Å². The standard InChI is InChI=1S/C10H10N2O2/c1-6-3-4-8-9(11-6)7(10(13)14)5-12(8)2/h3-5H,1-2H3,(H,13,14). The molecule has 0 atom stereocenters. The molecule has 0 saturated carbocycles. The van der Waals surface area contributed by atoms with E-state index in [2.05, 4.69) is 4.98 Å². The second kappa shape index (κ2) is 2.83. The lowest BCUT2D eigenvalue weighted by Gasteiger charge is -1.95. The van der Waals surface area contributed by atoms with Gasteiger partial charge in [-0.2, -0.15) is 0 Å². The molecule has 0 aliphatic heterocycles. The van der Waals surface area contributed by atoms with Crippen LogP contribution in [0.5, 0.6) is 0 Å². The first kappa shape index (κ1) is 8.74. The summed E-state index contributed by atoms with van der Waals surface area (Å²) in [5.74, 6) is -0.936. The van der Waals surface area contributed by atoms with E-state index in [0.29, 0.717) is 5.52 Å². The van der Waals surface area contributed by atoms with E-state index >= 15 is 0 Å². The minimum atomic E-state index is -0.936. The van der Waals surface area contributed by atoms with Gasteiger partial charge in [0.1, 0.15) is 11.1 Å². The second-order valence-corrected chi connectivity index (χ2v) is 3.28. The largest absolute Gasteiger partial charge is 0.478 e. The van der Waals surface area contributed by atoms with Crippen molar-refractivity contribution in [1.82, 2.24) is 9.55 Å². The summed E-state index contributed by atoms with van der Waals surface area (Å²) in [6.45, 7) is 1.85. The summed E-state index contributed by atoms with van der Waals surface area (Å²) in [6.07, 6.45) is 1.58. The highest BCUT2D eigenvalue weighted by Crippen LogP contribution is 2.18. The molecule has 0 aliphatic carbocycles. The lowest BCUT2D eigenvalue weighted by Crippen LogP contribution is -1.95. The Morgan fingerprint density at radius 2 is 2.21 bits per heavy atom. The number of rotatable bonds is 1. The topological polar surface area (TPSA) is 55.1 Å². The summed E-state index contributed by atoms with van der Waals surface area (Å²) in [7, 11) is 1.81. The third kappa shape index (κ3) is 1.16. The zero-order valence-electron chi connectivity index (χ0n) is 7.98. The van der Waals surface area contributed by atoms with Gasteiger partial charge in [-0.05, 0) is 19.1 Å². The van der Waals surface area contributed by atoms with Crippen molar-refractivity contribution < 1.29 is 9.90 Å². The highest BCUT2D eigenvalue weighted by Gasteiger charge is 2.13. The van der Waals surface area contributed by atoms with Crippen LogP contribution in [0.3, 0.4) is 0 Å². The molecule has 0 fully saturated rings. The third-order valence-corrected chi connectivity index (χ3v) is 2.20. The molecular weight excluding hydrogens is 180 g/mol. The fourth-order valence-electron chi connectivity index (χ4n) is 1.51. The summed E-state index contributed by atoms with van der Waals surface area (Å²) in [5, 5.41) is 8.93. The molecule has 0 aromatic carbocycles. The van der Waals surface area contributed by atoms with Crippen LogP contribution in [0.4, 0.5) is 0 Å². The molecule has 72 valence electrons. The minimum absolute atomic E-state index is 0.256. The Balaban J connectivity index is 2.85. The Labute approximate surface area is 80.8 Å². The molecule has 2 aromatic heterocycles. The van der Waals surface area contributed by atoms with E-state index in [1.807, 2.05) is 26.1 Å². The van der Waals surface area contributed by atoms with Crippen LogP contribution in [-0.2, 0) is 7.05 Å². The van der Waals surface area contributed by atoms with E-state index in [9.17, 15) is 4.79 Å². The molecule has 0 saturated heterocycles. The molecule has 0 bridgehead atoms. The zero-order valence-corrected chi connectivity index (χ0v) is 7.98. The summed E-state index contributed by atoms with van der Waals surface area (Å²) in [5.41, 5.74) is 2.48. The van der Waals surface area contributed by atoms with Crippen molar-refractivity contribution >= 4 is 17.0 Å². The van der Waals surface area contributed by atoms with Crippen LogP contribution < -0.4 is 0 Å². The number of nitrogens with zero attached hydrogens (tertiary/aromatic N) is 2. The van der Waals surface area contributed by atoms with Crippen molar-refractivity contribution in [1.29, 1.82) is 0 Å². The summed E-state index contributed by atoms with van der Waals surface area (Å²) in [4.78, 5) is 15.1. The van der Waals surface area contributed by atoms with Gasteiger partial charge in [-0.3, -0.25) is 4.98 Å². The van der Waals surface area contributed by atoms with Crippen LogP contribution >= 0.6 is 0 Å². The van der Waals surface area contributed by atoms with Gasteiger partial charge in [0.25, 0.3) is 0 Å². The first-order valence-electron chi connectivity index (χ1n) is 4.25. The van der Waals surface area contributed by atoms with Gasteiger partial charge in [0, 0.05) is 18.9 Å². The Kier molecular flexibility index (Phi) is 1.77. The van der Waals surface area contributed by atoms with E-state index < -0.39 is 5.97 Å². The Morgan fingerprint density at radius 1 is 1.50 bits per heavy atom. The second-order valence-electron chi connectivity index (χ2n) is 3.28. The molecule has 0 unspecified atom stereocenters. The van der Waals surface area contributed by atoms with E-state index in [4.69, 9.17) is 5.11 Å². The van der Waals surface area contributed by atoms with E-state index in [0.717, 1.165) is 11.2 Å². The summed E-state index contributed by atoms with van der Waals surface area (Å²) < 4.78 is 1.77. The number of aryl methyl sites for hydroxylation is 2. The van der Waals surface area contributed by atoms with Crippen molar-refractivity contribution in [2.75, 3.05) is 0 Å². The number of fused-ring (bicyclic) bond motifs is 1. The molecular formula is C10H10N2O2. The quantitative estimate of drug-likeness (QED) is 0.742. The number of aromatic nitrogens is 2. The number of carbonyl (C=O) groups is 1. The molecule has 4 heteroatoms. The van der Waals surface area contributed by atoms with Gasteiger partial charge in [0.15, 0.2) is 0 Å². The molecule has 1 N–H and O–H groups in total. The number of aromatic carboxylic acids is 1. The molecule has 0 amide bonds. The van der Waals surface area contributed by atoms with Crippen LogP contribution in [-0.4, -0.2) is 20.6 Å². The van der Waals surface area contributed by atoms with Crippen LogP contribution in [0, 0.1) is 6.92 Å². The Bertz CT molecular complexity index is 514. The van der Waals surface area contributed by atoms with E-state index in [-0.39, 0.29) is 5.56 Å². The first-order chi connectivity index (χ1) is 6.59. The lowest BCUT2D eigenvalue weighted by molar-refractivity contribution is 0.0698. The molecule has 2 heterocycles. The highest BCUT2D eigenvalue weighted by molar-refractivity contribution is 6.01. The molecule has 14 heavy (non-hydrogen) atoms. The summed E-state index contributed by atoms with van der Waals surface area (Å²) >= 11 is 0. The molecule has 2 rings (SSSR count). The monoisotopic (exact) mass is 190 g/mol. The van der Waals surface area contributed by atoms with Crippen LogP contribution in [0.25, 0.3) is 11.0 Å². The van der Waals surface area contributed by atoms with Crippen LogP contribution in [0.2, 0.25) is 0 Å². The fourth-order valence-corrected chi connectivity index (χ4v) is 1.51. The maximum absolute atomic E-state index is 10.9. The SMILES string of the molecule is Cc1ccc2c(n1)c(C(=O)O)cn2C. The van der Waals surface area contributed by atoms with E-state index in [1.54, 1.807) is 10.8 Å². The number of carboxylic acid groups (broad SMARTS) is 1. The fraction of sp³-hybridized carbons (Fsp3) is 0.200. The Morgan fingerprint density at radius 3 is 2.86 bits per heavy atom. The van der Waals surface area contributed by atoms with Gasteiger partial charge in [-0.15, -0.1) is 0 Å². The van der Waals surface area contributed by atoms with Gasteiger partial charge in [-0.25, -0.2) is 4.79 Å². The van der Waals surface area contributed by atoms with Crippen LogP contribution in [0.1, 0.15) is 16.1 Å². The number of hydrogen-bond acceptors (Lipinski definition) is 2. The van der Waals surface area contributed by atoms with Gasteiger partial charge >= 0.3 is 5.97 Å². The third-order valence-electron chi connectivity index (χ3n) is 2.20. The summed E-state index contributed by atoms with van der Waals surface area (Å²) in [6, 6.07) is 3.75.